The number of carbonyl (C=O) groups excluding carboxylic acids is 1. The highest BCUT2D eigenvalue weighted by Gasteiger charge is 2.12. The molecule has 3 rings (SSSR count). The molecule has 0 aliphatic carbocycles. The molecule has 2 aromatic heterocycles. The monoisotopic (exact) mass is 344 g/mol. The van der Waals surface area contributed by atoms with Gasteiger partial charge in [0.1, 0.15) is 11.6 Å². The lowest BCUT2D eigenvalue weighted by molar-refractivity contribution is 0.0950. The summed E-state index contributed by atoms with van der Waals surface area (Å²) < 4.78 is 7.14. The zero-order chi connectivity index (χ0) is 16.9. The summed E-state index contributed by atoms with van der Waals surface area (Å²) in [5.41, 5.74) is 1.25. The summed E-state index contributed by atoms with van der Waals surface area (Å²) in [5.74, 6) is 1.17. The topological polar surface area (TPSA) is 68.5 Å². The highest BCUT2D eigenvalue weighted by molar-refractivity contribution is 6.31. The fraction of sp³-hybridized carbons (Fsp3) is 0.235. The number of methoxy groups -OCH3 is 1. The van der Waals surface area contributed by atoms with Gasteiger partial charge >= 0.3 is 0 Å². The van der Waals surface area contributed by atoms with E-state index in [-0.39, 0.29) is 5.91 Å². The third-order valence-corrected chi connectivity index (χ3v) is 3.89. The second-order valence-corrected chi connectivity index (χ2v) is 5.69. The van der Waals surface area contributed by atoms with E-state index in [2.05, 4.69) is 15.5 Å². The van der Waals surface area contributed by atoms with E-state index in [1.165, 1.54) is 7.11 Å². The SMILES string of the molecule is COc1ccc(Cl)cc1C(=O)NCCCc1nnc2ccccn12. The van der Waals surface area contributed by atoms with E-state index in [0.717, 1.165) is 24.3 Å². The summed E-state index contributed by atoms with van der Waals surface area (Å²) in [6, 6.07) is 10.7. The van der Waals surface area contributed by atoms with Gasteiger partial charge in [0, 0.05) is 24.2 Å². The third kappa shape index (κ3) is 3.49. The maximum absolute atomic E-state index is 12.3. The van der Waals surface area contributed by atoms with Crippen molar-refractivity contribution in [2.75, 3.05) is 13.7 Å². The molecule has 1 N–H and O–H groups in total. The van der Waals surface area contributed by atoms with Crippen LogP contribution in [0.1, 0.15) is 22.6 Å². The van der Waals surface area contributed by atoms with E-state index in [1.54, 1.807) is 18.2 Å². The predicted octanol–water partition coefficient (Wildman–Crippen LogP) is 2.75. The van der Waals surface area contributed by atoms with Gasteiger partial charge in [-0.25, -0.2) is 0 Å². The second kappa shape index (κ2) is 7.31. The first-order valence-electron chi connectivity index (χ1n) is 7.59. The minimum atomic E-state index is -0.208. The van der Waals surface area contributed by atoms with Crippen LogP contribution in [-0.4, -0.2) is 34.2 Å². The maximum Gasteiger partial charge on any atom is 0.255 e. The molecule has 0 unspecified atom stereocenters. The number of amides is 1. The molecule has 7 heteroatoms. The lowest BCUT2D eigenvalue weighted by Gasteiger charge is -2.09. The van der Waals surface area contributed by atoms with Crippen LogP contribution < -0.4 is 10.1 Å². The Kier molecular flexibility index (Phi) is 4.96. The quantitative estimate of drug-likeness (QED) is 0.698. The Morgan fingerprint density at radius 2 is 2.17 bits per heavy atom. The van der Waals surface area contributed by atoms with Gasteiger partial charge < -0.3 is 10.1 Å². The molecule has 124 valence electrons. The van der Waals surface area contributed by atoms with Gasteiger partial charge in [-0.3, -0.25) is 9.20 Å². The third-order valence-electron chi connectivity index (χ3n) is 3.65. The molecular weight excluding hydrogens is 328 g/mol. The van der Waals surface area contributed by atoms with Gasteiger partial charge in [-0.1, -0.05) is 17.7 Å². The van der Waals surface area contributed by atoms with Crippen LogP contribution in [0.5, 0.6) is 5.75 Å². The lowest BCUT2D eigenvalue weighted by Crippen LogP contribution is -2.25. The number of fused-ring (bicyclic) bond motifs is 1. The maximum atomic E-state index is 12.3. The van der Waals surface area contributed by atoms with Crippen molar-refractivity contribution in [3.8, 4) is 5.75 Å². The second-order valence-electron chi connectivity index (χ2n) is 5.25. The molecule has 0 spiro atoms. The van der Waals surface area contributed by atoms with Gasteiger partial charge in [-0.05, 0) is 36.8 Å². The summed E-state index contributed by atoms with van der Waals surface area (Å²) >= 11 is 5.95. The molecule has 0 atom stereocenters. The van der Waals surface area contributed by atoms with Crippen molar-refractivity contribution >= 4 is 23.2 Å². The zero-order valence-corrected chi connectivity index (χ0v) is 14.0. The number of hydrogen-bond acceptors (Lipinski definition) is 4. The molecule has 0 saturated carbocycles. The average molecular weight is 345 g/mol. The number of hydrogen-bond donors (Lipinski definition) is 1. The standard InChI is InChI=1S/C17H17ClN4O2/c1-24-14-8-7-12(18)11-13(14)17(23)19-9-4-6-16-21-20-15-5-2-3-10-22(15)16/h2-3,5,7-8,10-11H,4,6,9H2,1H3,(H,19,23). The number of nitrogens with zero attached hydrogens (tertiary/aromatic N) is 3. The average Bonchev–Trinajstić information content (AvgIpc) is 3.01. The first-order valence-corrected chi connectivity index (χ1v) is 7.97. The fourth-order valence-corrected chi connectivity index (χ4v) is 2.63. The molecule has 6 nitrogen and oxygen atoms in total. The summed E-state index contributed by atoms with van der Waals surface area (Å²) in [7, 11) is 1.52. The fourth-order valence-electron chi connectivity index (χ4n) is 2.46. The molecule has 2 heterocycles. The van der Waals surface area contributed by atoms with Crippen molar-refractivity contribution in [2.45, 2.75) is 12.8 Å². The normalized spacial score (nSPS) is 10.8. The zero-order valence-electron chi connectivity index (χ0n) is 13.2. The van der Waals surface area contributed by atoms with Crippen molar-refractivity contribution in [1.82, 2.24) is 19.9 Å². The number of ether oxygens (including phenoxy) is 1. The molecule has 0 radical (unpaired) electrons. The van der Waals surface area contributed by atoms with Gasteiger partial charge in [0.05, 0.1) is 12.7 Å². The van der Waals surface area contributed by atoms with Crippen LogP contribution in [-0.2, 0) is 6.42 Å². The predicted molar refractivity (Wildman–Crippen MR) is 91.6 cm³/mol. The van der Waals surface area contributed by atoms with Crippen LogP contribution in [0.3, 0.4) is 0 Å². The van der Waals surface area contributed by atoms with Crippen LogP contribution >= 0.6 is 11.6 Å². The van der Waals surface area contributed by atoms with E-state index in [9.17, 15) is 4.79 Å². The first kappa shape index (κ1) is 16.3. The number of pyridine rings is 1. The van der Waals surface area contributed by atoms with Crippen LogP contribution in [0.25, 0.3) is 5.65 Å². The molecule has 24 heavy (non-hydrogen) atoms. The molecule has 1 amide bonds. The number of halogens is 1. The smallest absolute Gasteiger partial charge is 0.255 e. The van der Waals surface area contributed by atoms with Crippen molar-refractivity contribution in [2.24, 2.45) is 0 Å². The molecular formula is C17H17ClN4O2. The molecule has 0 saturated heterocycles. The molecule has 0 aliphatic rings. The van der Waals surface area contributed by atoms with Crippen molar-refractivity contribution in [3.63, 3.8) is 0 Å². The van der Waals surface area contributed by atoms with E-state index in [1.807, 2.05) is 28.8 Å². The van der Waals surface area contributed by atoms with Crippen LogP contribution in [0, 0.1) is 0 Å². The van der Waals surface area contributed by atoms with Crippen molar-refractivity contribution in [1.29, 1.82) is 0 Å². The van der Waals surface area contributed by atoms with E-state index >= 15 is 0 Å². The highest BCUT2D eigenvalue weighted by Crippen LogP contribution is 2.22. The van der Waals surface area contributed by atoms with Gasteiger partial charge in [0.2, 0.25) is 0 Å². The lowest BCUT2D eigenvalue weighted by atomic mass is 10.2. The molecule has 0 aliphatic heterocycles. The Labute approximate surface area is 144 Å². The van der Waals surface area contributed by atoms with Crippen LogP contribution in [0.4, 0.5) is 0 Å². The summed E-state index contributed by atoms with van der Waals surface area (Å²) in [4.78, 5) is 12.3. The summed E-state index contributed by atoms with van der Waals surface area (Å²) in [5, 5.41) is 11.7. The number of benzene rings is 1. The Bertz CT molecular complexity index is 863. The van der Waals surface area contributed by atoms with Gasteiger partial charge in [0.15, 0.2) is 5.65 Å². The van der Waals surface area contributed by atoms with Gasteiger partial charge in [-0.15, -0.1) is 10.2 Å². The number of nitrogens with one attached hydrogen (secondary N) is 1. The molecule has 3 aromatic rings. The Morgan fingerprint density at radius 3 is 3.00 bits per heavy atom. The summed E-state index contributed by atoms with van der Waals surface area (Å²) in [6.45, 7) is 0.524. The number of aromatic nitrogens is 3. The number of carbonyl (C=O) groups is 1. The Morgan fingerprint density at radius 1 is 1.29 bits per heavy atom. The van der Waals surface area contributed by atoms with E-state index in [4.69, 9.17) is 16.3 Å². The largest absolute Gasteiger partial charge is 0.496 e. The van der Waals surface area contributed by atoms with Crippen molar-refractivity contribution < 1.29 is 9.53 Å². The van der Waals surface area contributed by atoms with E-state index in [0.29, 0.717) is 22.9 Å². The van der Waals surface area contributed by atoms with Gasteiger partial charge in [0.25, 0.3) is 5.91 Å². The highest BCUT2D eigenvalue weighted by atomic mass is 35.5. The van der Waals surface area contributed by atoms with Crippen LogP contribution in [0.15, 0.2) is 42.6 Å². The Balaban J connectivity index is 1.57. The van der Waals surface area contributed by atoms with Crippen LogP contribution in [0.2, 0.25) is 5.02 Å². The summed E-state index contributed by atoms with van der Waals surface area (Å²) in [6.07, 6.45) is 3.41. The molecule has 1 aromatic carbocycles. The molecule has 0 bridgehead atoms. The number of rotatable bonds is 6. The Hall–Kier alpha value is -2.60. The molecule has 0 fully saturated rings. The van der Waals surface area contributed by atoms with Gasteiger partial charge in [-0.2, -0.15) is 0 Å². The minimum Gasteiger partial charge on any atom is -0.496 e. The van der Waals surface area contributed by atoms with E-state index < -0.39 is 0 Å². The van der Waals surface area contributed by atoms with Crippen molar-refractivity contribution in [3.05, 3.63) is 59.0 Å². The first-order chi connectivity index (χ1) is 11.7. The minimum absolute atomic E-state index is 0.208. The number of aryl methyl sites for hydroxylation is 1.